The van der Waals surface area contributed by atoms with Crippen molar-refractivity contribution < 1.29 is 9.90 Å². The van der Waals surface area contributed by atoms with E-state index >= 15 is 0 Å². The fourth-order valence-electron chi connectivity index (χ4n) is 2.97. The van der Waals surface area contributed by atoms with Crippen LogP contribution in [0.25, 0.3) is 0 Å². The van der Waals surface area contributed by atoms with Crippen LogP contribution in [0.5, 0.6) is 0 Å². The molecular formula is C10H16O2. The van der Waals surface area contributed by atoms with E-state index in [4.69, 9.17) is 0 Å². The molecular weight excluding hydrogens is 152 g/mol. The van der Waals surface area contributed by atoms with Gasteiger partial charge in [0.15, 0.2) is 5.78 Å². The van der Waals surface area contributed by atoms with E-state index in [2.05, 4.69) is 13.8 Å². The largest absolute Gasteiger partial charge is 0.385 e. The predicted molar refractivity (Wildman–Crippen MR) is 45.6 cm³/mol. The van der Waals surface area contributed by atoms with Crippen molar-refractivity contribution in [2.75, 3.05) is 0 Å². The van der Waals surface area contributed by atoms with Crippen molar-refractivity contribution >= 4 is 5.78 Å². The van der Waals surface area contributed by atoms with Crippen LogP contribution in [0.2, 0.25) is 0 Å². The third-order valence-electron chi connectivity index (χ3n) is 4.01. The number of hydrogen-bond acceptors (Lipinski definition) is 2. The highest BCUT2D eigenvalue weighted by atomic mass is 16.3. The smallest absolute Gasteiger partial charge is 0.164 e. The number of aliphatic hydroxyl groups is 1. The topological polar surface area (TPSA) is 37.3 Å². The molecule has 2 fully saturated rings. The lowest BCUT2D eigenvalue weighted by atomic mass is 9.87. The molecule has 12 heavy (non-hydrogen) atoms. The number of rotatable bonds is 1. The summed E-state index contributed by atoms with van der Waals surface area (Å²) in [5.41, 5.74) is -0.0312. The molecule has 2 rings (SSSR count). The summed E-state index contributed by atoms with van der Waals surface area (Å²) in [6.07, 6.45) is 0.385. The second-order valence-corrected chi connectivity index (χ2v) is 4.67. The second-order valence-electron chi connectivity index (χ2n) is 4.67. The van der Waals surface area contributed by atoms with Gasteiger partial charge >= 0.3 is 0 Å². The van der Waals surface area contributed by atoms with E-state index in [0.29, 0.717) is 11.8 Å². The van der Waals surface area contributed by atoms with Gasteiger partial charge in [0.2, 0.25) is 0 Å². The Kier molecular flexibility index (Phi) is 1.45. The molecule has 0 spiro atoms. The Morgan fingerprint density at radius 2 is 2.17 bits per heavy atom. The Labute approximate surface area is 73.0 Å². The van der Waals surface area contributed by atoms with Crippen LogP contribution in [0.1, 0.15) is 27.2 Å². The van der Waals surface area contributed by atoms with Gasteiger partial charge in [-0.2, -0.15) is 0 Å². The molecule has 0 amide bonds. The molecule has 2 saturated carbocycles. The quantitative estimate of drug-likeness (QED) is 0.639. The average molecular weight is 168 g/mol. The van der Waals surface area contributed by atoms with Crippen LogP contribution < -0.4 is 0 Å². The van der Waals surface area contributed by atoms with Crippen molar-refractivity contribution in [3.05, 3.63) is 0 Å². The van der Waals surface area contributed by atoms with E-state index in [0.717, 1.165) is 6.42 Å². The maximum Gasteiger partial charge on any atom is 0.164 e. The SMILES string of the molecule is CC(C)[C@@]12CC1[C@@H](C)C(=O)[C@@H]2O. The standard InChI is InChI=1S/C10H16O2/c1-5(2)10-4-7(10)6(3)8(11)9(10)12/h5-7,9,12H,4H2,1-3H3/t6-,7?,9+,10+/m1/s1. The first kappa shape index (κ1) is 8.24. The summed E-state index contributed by atoms with van der Waals surface area (Å²) in [7, 11) is 0. The Balaban J connectivity index is 2.30. The highest BCUT2D eigenvalue weighted by Gasteiger charge is 2.70. The highest BCUT2D eigenvalue weighted by Crippen LogP contribution is 2.68. The monoisotopic (exact) mass is 168 g/mol. The van der Waals surface area contributed by atoms with Gasteiger partial charge in [-0.15, -0.1) is 0 Å². The van der Waals surface area contributed by atoms with Gasteiger partial charge < -0.3 is 5.11 Å². The summed E-state index contributed by atoms with van der Waals surface area (Å²) < 4.78 is 0. The molecule has 0 bridgehead atoms. The zero-order chi connectivity index (χ0) is 9.09. The van der Waals surface area contributed by atoms with Gasteiger partial charge in [-0.05, 0) is 18.3 Å². The van der Waals surface area contributed by atoms with Gasteiger partial charge in [-0.25, -0.2) is 0 Å². The third-order valence-corrected chi connectivity index (χ3v) is 4.01. The van der Waals surface area contributed by atoms with Crippen LogP contribution in [-0.2, 0) is 4.79 Å². The number of aliphatic hydroxyl groups excluding tert-OH is 1. The predicted octanol–water partition coefficient (Wildman–Crippen LogP) is 1.23. The number of carbonyl (C=O) groups excluding carboxylic acids is 1. The minimum atomic E-state index is -0.669. The molecule has 0 aromatic carbocycles. The normalized spacial score (nSPS) is 51.4. The first-order valence-electron chi connectivity index (χ1n) is 4.73. The van der Waals surface area contributed by atoms with E-state index < -0.39 is 6.10 Å². The molecule has 0 aromatic heterocycles. The van der Waals surface area contributed by atoms with Crippen LogP contribution in [0, 0.1) is 23.2 Å². The lowest BCUT2D eigenvalue weighted by Gasteiger charge is -2.20. The summed E-state index contributed by atoms with van der Waals surface area (Å²) in [5, 5.41) is 9.75. The Morgan fingerprint density at radius 3 is 2.42 bits per heavy atom. The van der Waals surface area contributed by atoms with Crippen molar-refractivity contribution in [1.29, 1.82) is 0 Å². The Morgan fingerprint density at radius 1 is 1.58 bits per heavy atom. The number of carbonyl (C=O) groups is 1. The van der Waals surface area contributed by atoms with E-state index in [1.54, 1.807) is 0 Å². The molecule has 2 aliphatic carbocycles. The molecule has 1 N–H and O–H groups in total. The van der Waals surface area contributed by atoms with Gasteiger partial charge in [-0.1, -0.05) is 20.8 Å². The second kappa shape index (κ2) is 2.11. The molecule has 0 saturated heterocycles. The van der Waals surface area contributed by atoms with Gasteiger partial charge in [0.1, 0.15) is 6.10 Å². The van der Waals surface area contributed by atoms with Gasteiger partial charge in [-0.3, -0.25) is 4.79 Å². The van der Waals surface area contributed by atoms with Gasteiger partial charge in [0.05, 0.1) is 0 Å². The van der Waals surface area contributed by atoms with E-state index in [-0.39, 0.29) is 17.1 Å². The number of Topliss-reactive ketones (excluding diaryl/α,β-unsaturated/α-hetero) is 1. The maximum absolute atomic E-state index is 11.4. The Hall–Kier alpha value is -0.370. The van der Waals surface area contributed by atoms with Crippen LogP contribution >= 0.6 is 0 Å². The van der Waals surface area contributed by atoms with Crippen molar-refractivity contribution in [3.63, 3.8) is 0 Å². The molecule has 0 heterocycles. The first-order chi connectivity index (χ1) is 5.51. The fourth-order valence-corrected chi connectivity index (χ4v) is 2.97. The molecule has 2 nitrogen and oxygen atoms in total. The van der Waals surface area contributed by atoms with Gasteiger partial charge in [0, 0.05) is 11.3 Å². The van der Waals surface area contributed by atoms with Crippen LogP contribution in [0.15, 0.2) is 0 Å². The average Bonchev–Trinajstić information content (AvgIpc) is 2.71. The first-order valence-corrected chi connectivity index (χ1v) is 4.73. The summed E-state index contributed by atoms with van der Waals surface area (Å²) in [4.78, 5) is 11.4. The molecule has 0 aliphatic heterocycles. The summed E-state index contributed by atoms with van der Waals surface area (Å²) in [6, 6.07) is 0. The maximum atomic E-state index is 11.4. The van der Waals surface area contributed by atoms with Crippen LogP contribution in [0.4, 0.5) is 0 Å². The highest BCUT2D eigenvalue weighted by molar-refractivity contribution is 5.90. The molecule has 4 atom stereocenters. The molecule has 2 aliphatic rings. The Bertz CT molecular complexity index is 234. The van der Waals surface area contributed by atoms with Crippen LogP contribution in [-0.4, -0.2) is 17.0 Å². The van der Waals surface area contributed by atoms with Crippen LogP contribution in [0.3, 0.4) is 0 Å². The van der Waals surface area contributed by atoms with E-state index in [1.165, 1.54) is 0 Å². The molecule has 1 unspecified atom stereocenters. The minimum Gasteiger partial charge on any atom is -0.385 e. The number of hydrogen-bond donors (Lipinski definition) is 1. The zero-order valence-electron chi connectivity index (χ0n) is 7.87. The van der Waals surface area contributed by atoms with Crippen molar-refractivity contribution in [1.82, 2.24) is 0 Å². The van der Waals surface area contributed by atoms with E-state index in [9.17, 15) is 9.90 Å². The molecule has 68 valence electrons. The molecule has 0 aromatic rings. The molecule has 0 radical (unpaired) electrons. The number of ketones is 1. The lowest BCUT2D eigenvalue weighted by Crippen LogP contribution is -2.31. The molecule has 2 heteroatoms. The lowest BCUT2D eigenvalue weighted by molar-refractivity contribution is -0.130. The summed E-state index contributed by atoms with van der Waals surface area (Å²) in [6.45, 7) is 6.16. The van der Waals surface area contributed by atoms with Crippen molar-refractivity contribution in [3.8, 4) is 0 Å². The van der Waals surface area contributed by atoms with Crippen molar-refractivity contribution in [2.45, 2.75) is 33.3 Å². The number of fused-ring (bicyclic) bond motifs is 1. The summed E-state index contributed by atoms with van der Waals surface area (Å²) in [5.74, 6) is 1.08. The van der Waals surface area contributed by atoms with Crippen molar-refractivity contribution in [2.24, 2.45) is 23.2 Å². The van der Waals surface area contributed by atoms with E-state index in [1.807, 2.05) is 6.92 Å². The minimum absolute atomic E-state index is 0.0312. The van der Waals surface area contributed by atoms with Gasteiger partial charge in [0.25, 0.3) is 0 Å². The zero-order valence-corrected chi connectivity index (χ0v) is 7.87. The fraction of sp³-hybridized carbons (Fsp3) is 0.900. The summed E-state index contributed by atoms with van der Waals surface area (Å²) >= 11 is 0. The third kappa shape index (κ3) is 0.674.